The van der Waals surface area contributed by atoms with Gasteiger partial charge < -0.3 is 29.9 Å². The Morgan fingerprint density at radius 3 is 2.75 bits per heavy atom. The Hall–Kier alpha value is -4.15. The lowest BCUT2D eigenvalue weighted by Gasteiger charge is -2.16. The molecule has 210 valence electrons. The van der Waals surface area contributed by atoms with Crippen LogP contribution in [0.3, 0.4) is 0 Å². The van der Waals surface area contributed by atoms with Crippen LogP contribution in [0.15, 0.2) is 66.2 Å². The van der Waals surface area contributed by atoms with E-state index < -0.39 is 5.60 Å². The Balaban J connectivity index is 1.46. The molecule has 0 aliphatic carbocycles. The monoisotopic (exact) mass is 564 g/mol. The predicted molar refractivity (Wildman–Crippen MR) is 157 cm³/mol. The minimum atomic E-state index is -1.06. The van der Waals surface area contributed by atoms with E-state index in [4.69, 9.17) is 21.2 Å². The van der Waals surface area contributed by atoms with Gasteiger partial charge in [-0.15, -0.1) is 0 Å². The highest BCUT2D eigenvalue weighted by atomic mass is 35.5. The molecule has 0 saturated carbocycles. The average Bonchev–Trinajstić information content (AvgIpc) is 3.32. The van der Waals surface area contributed by atoms with E-state index in [0.29, 0.717) is 42.0 Å². The lowest BCUT2D eigenvalue weighted by Crippen LogP contribution is -2.33. The number of halogens is 1. The summed E-state index contributed by atoms with van der Waals surface area (Å²) < 4.78 is 8.01. The number of rotatable bonds is 12. The molecule has 2 aromatic carbocycles. The summed E-state index contributed by atoms with van der Waals surface area (Å²) in [5.41, 5.74) is 2.84. The summed E-state index contributed by atoms with van der Waals surface area (Å²) in [6.45, 7) is 8.35. The van der Waals surface area contributed by atoms with Gasteiger partial charge in [0.15, 0.2) is 5.82 Å². The lowest BCUT2D eigenvalue weighted by molar-refractivity contribution is -0.124. The summed E-state index contributed by atoms with van der Waals surface area (Å²) in [5, 5.41) is 20.5. The van der Waals surface area contributed by atoms with Gasteiger partial charge in [-0.2, -0.15) is 0 Å². The van der Waals surface area contributed by atoms with Crippen LogP contribution in [0.4, 0.5) is 11.5 Å². The van der Waals surface area contributed by atoms with Crippen molar-refractivity contribution in [2.24, 2.45) is 5.16 Å². The SMILES string of the molecule is CCO/N=C(/C)c1cccc(Oc2ccc(Nc3ncnc4ccn(CCNC(=O)CC(C)(C)O)c34)cc2Cl)c1. The smallest absolute Gasteiger partial charge is 0.222 e. The molecule has 4 aromatic rings. The minimum Gasteiger partial charge on any atom is -0.456 e. The minimum absolute atomic E-state index is 0.0308. The molecule has 11 heteroatoms. The van der Waals surface area contributed by atoms with Gasteiger partial charge in [-0.25, -0.2) is 9.97 Å². The molecular weight excluding hydrogens is 532 g/mol. The molecule has 0 fully saturated rings. The number of oxime groups is 1. The number of hydrogen-bond acceptors (Lipinski definition) is 8. The Morgan fingerprint density at radius 1 is 1.18 bits per heavy atom. The summed E-state index contributed by atoms with van der Waals surface area (Å²) in [6.07, 6.45) is 3.41. The molecule has 0 unspecified atom stereocenters. The second-order valence-corrected chi connectivity index (χ2v) is 10.2. The van der Waals surface area contributed by atoms with Crippen molar-refractivity contribution < 1.29 is 19.5 Å². The maximum Gasteiger partial charge on any atom is 0.222 e. The highest BCUT2D eigenvalue weighted by Crippen LogP contribution is 2.33. The van der Waals surface area contributed by atoms with Crippen LogP contribution in [0.5, 0.6) is 11.5 Å². The fourth-order valence-electron chi connectivity index (χ4n) is 4.01. The number of carbonyl (C=O) groups is 1. The molecule has 0 spiro atoms. The van der Waals surface area contributed by atoms with Gasteiger partial charge in [0.1, 0.15) is 29.9 Å². The Labute approximate surface area is 238 Å². The molecule has 0 bridgehead atoms. The molecule has 10 nitrogen and oxygen atoms in total. The number of aliphatic hydroxyl groups is 1. The van der Waals surface area contributed by atoms with Crippen molar-refractivity contribution in [3.8, 4) is 11.5 Å². The zero-order valence-electron chi connectivity index (χ0n) is 22.9. The molecule has 2 heterocycles. The first-order valence-electron chi connectivity index (χ1n) is 12.9. The van der Waals surface area contributed by atoms with E-state index in [-0.39, 0.29) is 12.3 Å². The van der Waals surface area contributed by atoms with Crippen LogP contribution in [0, 0.1) is 0 Å². The molecule has 0 aliphatic rings. The molecule has 0 atom stereocenters. The van der Waals surface area contributed by atoms with Crippen LogP contribution in [0.1, 0.15) is 39.7 Å². The van der Waals surface area contributed by atoms with Crippen molar-refractivity contribution in [1.82, 2.24) is 19.9 Å². The van der Waals surface area contributed by atoms with Crippen LogP contribution < -0.4 is 15.4 Å². The third kappa shape index (κ3) is 7.71. The standard InChI is InChI=1S/C29H33ClN6O4/c1-5-39-35-19(2)20-7-6-8-22(15-20)40-25-10-9-21(16-23(25)30)34-28-27-24(32-18-33-28)11-13-36(27)14-12-31-26(37)17-29(3,4)38/h6-11,13,15-16,18,38H,5,12,14,17H2,1-4H3,(H,31,37)(H,32,33,34)/b35-19-. The van der Waals surface area contributed by atoms with E-state index in [1.165, 1.54) is 6.33 Å². The summed E-state index contributed by atoms with van der Waals surface area (Å²) in [6, 6.07) is 14.8. The molecule has 1 amide bonds. The van der Waals surface area contributed by atoms with E-state index >= 15 is 0 Å². The van der Waals surface area contributed by atoms with Crippen LogP contribution in [-0.4, -0.2) is 50.0 Å². The van der Waals surface area contributed by atoms with Crippen molar-refractivity contribution in [3.05, 3.63) is 71.6 Å². The molecule has 2 aromatic heterocycles. The first kappa shape index (κ1) is 28.8. The summed E-state index contributed by atoms with van der Waals surface area (Å²) in [4.78, 5) is 26.0. The van der Waals surface area contributed by atoms with E-state index in [2.05, 4.69) is 25.8 Å². The number of amides is 1. The zero-order valence-corrected chi connectivity index (χ0v) is 23.7. The molecule has 3 N–H and O–H groups in total. The van der Waals surface area contributed by atoms with Crippen molar-refractivity contribution in [3.63, 3.8) is 0 Å². The van der Waals surface area contributed by atoms with Crippen LogP contribution >= 0.6 is 11.6 Å². The number of aromatic nitrogens is 3. The van der Waals surface area contributed by atoms with Crippen LogP contribution in [0.2, 0.25) is 5.02 Å². The molecule has 0 aliphatic heterocycles. The van der Waals surface area contributed by atoms with Crippen molar-refractivity contribution >= 4 is 45.8 Å². The van der Waals surface area contributed by atoms with Gasteiger partial charge in [-0.05, 0) is 64.1 Å². The lowest BCUT2D eigenvalue weighted by atomic mass is 10.1. The van der Waals surface area contributed by atoms with Crippen molar-refractivity contribution in [2.45, 2.75) is 46.3 Å². The quantitative estimate of drug-likeness (QED) is 0.150. The Bertz CT molecular complexity index is 1510. The number of carbonyl (C=O) groups excluding carboxylic acids is 1. The van der Waals surface area contributed by atoms with E-state index in [0.717, 1.165) is 28.0 Å². The first-order valence-corrected chi connectivity index (χ1v) is 13.3. The van der Waals surface area contributed by atoms with Crippen molar-refractivity contribution in [2.75, 3.05) is 18.5 Å². The number of nitrogens with one attached hydrogen (secondary N) is 2. The maximum atomic E-state index is 12.1. The molecular formula is C29H33ClN6O4. The van der Waals surface area contributed by atoms with Gasteiger partial charge in [0.05, 0.1) is 28.3 Å². The Morgan fingerprint density at radius 2 is 2.00 bits per heavy atom. The highest BCUT2D eigenvalue weighted by Gasteiger charge is 2.18. The number of hydrogen-bond donors (Lipinski definition) is 3. The molecule has 4 rings (SSSR count). The van der Waals surface area contributed by atoms with Gasteiger partial charge in [-0.1, -0.05) is 28.9 Å². The van der Waals surface area contributed by atoms with E-state index in [1.807, 2.05) is 61.0 Å². The van der Waals surface area contributed by atoms with Crippen LogP contribution in [-0.2, 0) is 16.2 Å². The summed E-state index contributed by atoms with van der Waals surface area (Å²) in [7, 11) is 0. The van der Waals surface area contributed by atoms with Crippen LogP contribution in [0.25, 0.3) is 11.0 Å². The van der Waals surface area contributed by atoms with E-state index in [9.17, 15) is 9.90 Å². The maximum absolute atomic E-state index is 12.1. The molecule has 0 radical (unpaired) electrons. The Kier molecular flexibility index (Phi) is 9.23. The third-order valence-electron chi connectivity index (χ3n) is 5.82. The fourth-order valence-corrected chi connectivity index (χ4v) is 4.22. The largest absolute Gasteiger partial charge is 0.456 e. The fraction of sp³-hybridized carbons (Fsp3) is 0.310. The number of anilines is 2. The third-order valence-corrected chi connectivity index (χ3v) is 6.12. The van der Waals surface area contributed by atoms with E-state index in [1.54, 1.807) is 26.0 Å². The topological polar surface area (TPSA) is 123 Å². The summed E-state index contributed by atoms with van der Waals surface area (Å²) in [5.74, 6) is 1.51. The average molecular weight is 565 g/mol. The number of fused-ring (bicyclic) bond motifs is 1. The normalized spacial score (nSPS) is 11.9. The van der Waals surface area contributed by atoms with Gasteiger partial charge >= 0.3 is 0 Å². The predicted octanol–water partition coefficient (Wildman–Crippen LogP) is 5.66. The zero-order chi connectivity index (χ0) is 28.7. The number of ether oxygens (including phenoxy) is 1. The van der Waals surface area contributed by atoms with Gasteiger partial charge in [-0.3, -0.25) is 4.79 Å². The van der Waals surface area contributed by atoms with Crippen molar-refractivity contribution in [1.29, 1.82) is 0 Å². The highest BCUT2D eigenvalue weighted by molar-refractivity contribution is 6.32. The second-order valence-electron chi connectivity index (χ2n) is 9.80. The van der Waals surface area contributed by atoms with Gasteiger partial charge in [0.25, 0.3) is 0 Å². The number of benzene rings is 2. The number of nitrogens with zero attached hydrogens (tertiary/aromatic N) is 4. The van der Waals surface area contributed by atoms with Gasteiger partial charge in [0, 0.05) is 30.5 Å². The first-order chi connectivity index (χ1) is 19.1. The molecule has 40 heavy (non-hydrogen) atoms. The second kappa shape index (κ2) is 12.8. The summed E-state index contributed by atoms with van der Waals surface area (Å²) >= 11 is 6.58. The van der Waals surface area contributed by atoms with Gasteiger partial charge in [0.2, 0.25) is 5.91 Å². The molecule has 0 saturated heterocycles.